The molecule has 8 aromatic carbocycles. The lowest BCUT2D eigenvalue weighted by atomic mass is 9.76. The first-order valence-electron chi connectivity index (χ1n) is 19.6. The van der Waals surface area contributed by atoms with Crippen molar-refractivity contribution in [2.75, 3.05) is 4.90 Å². The van der Waals surface area contributed by atoms with Crippen LogP contribution in [-0.4, -0.2) is 0 Å². The van der Waals surface area contributed by atoms with Gasteiger partial charge in [-0.15, -0.1) is 11.3 Å². The standard InChI is InChI=1S/C53H39NS/c1-2-17-36(18-3-1)38-19-4-5-20-39(38)40-21-6-7-22-41(40)44-24-9-12-27-48(44)54(49-28-16-30-51-52(49)45-25-10-13-29-50(45)55-51)37-31-32-43-42-23-8-11-26-46(42)53(47(43)35-37)33-14-15-34-53/h1-13,16-32,35H,14-15,33-34H2. The molecular formula is C53H39NS. The third-order valence-corrected chi connectivity index (χ3v) is 13.4. The monoisotopic (exact) mass is 721 g/mol. The lowest BCUT2D eigenvalue weighted by Crippen LogP contribution is -2.21. The van der Waals surface area contributed by atoms with Crippen molar-refractivity contribution in [2.45, 2.75) is 31.1 Å². The van der Waals surface area contributed by atoms with Crippen molar-refractivity contribution >= 4 is 48.6 Å². The van der Waals surface area contributed by atoms with Gasteiger partial charge in [0, 0.05) is 36.8 Å². The molecule has 0 bridgehead atoms. The smallest absolute Gasteiger partial charge is 0.0555 e. The van der Waals surface area contributed by atoms with E-state index in [9.17, 15) is 0 Å². The Bertz CT molecular complexity index is 2890. The third-order valence-electron chi connectivity index (χ3n) is 12.3. The molecule has 2 heteroatoms. The van der Waals surface area contributed by atoms with E-state index < -0.39 is 0 Å². The summed E-state index contributed by atoms with van der Waals surface area (Å²) in [6.07, 6.45) is 4.95. The topological polar surface area (TPSA) is 3.24 Å². The van der Waals surface area contributed by atoms with Crippen LogP contribution >= 0.6 is 11.3 Å². The van der Waals surface area contributed by atoms with Crippen molar-refractivity contribution in [3.63, 3.8) is 0 Å². The molecule has 9 aromatic rings. The Kier molecular flexibility index (Phi) is 7.60. The van der Waals surface area contributed by atoms with Crippen LogP contribution in [0.3, 0.4) is 0 Å². The first kappa shape index (κ1) is 32.2. The number of hydrogen-bond acceptors (Lipinski definition) is 2. The molecule has 1 saturated carbocycles. The van der Waals surface area contributed by atoms with Gasteiger partial charge in [0.2, 0.25) is 0 Å². The molecule has 1 heterocycles. The molecular weight excluding hydrogens is 683 g/mol. The lowest BCUT2D eigenvalue weighted by Gasteiger charge is -2.31. The van der Waals surface area contributed by atoms with Crippen molar-refractivity contribution in [2.24, 2.45) is 0 Å². The van der Waals surface area contributed by atoms with E-state index in [4.69, 9.17) is 0 Å². The van der Waals surface area contributed by atoms with E-state index in [-0.39, 0.29) is 5.41 Å². The van der Waals surface area contributed by atoms with Crippen LogP contribution in [0.2, 0.25) is 0 Å². The normalized spacial score (nSPS) is 14.0. The van der Waals surface area contributed by atoms with Gasteiger partial charge in [-0.25, -0.2) is 0 Å². The molecule has 1 fully saturated rings. The summed E-state index contributed by atoms with van der Waals surface area (Å²) in [5.74, 6) is 0. The van der Waals surface area contributed by atoms with Crippen LogP contribution in [0.15, 0.2) is 188 Å². The Balaban J connectivity index is 1.18. The number of nitrogens with zero attached hydrogens (tertiary/aromatic N) is 1. The second-order valence-electron chi connectivity index (χ2n) is 15.1. The highest BCUT2D eigenvalue weighted by molar-refractivity contribution is 7.26. The number of para-hydroxylation sites is 1. The number of hydrogen-bond donors (Lipinski definition) is 0. The Labute approximate surface area is 326 Å². The van der Waals surface area contributed by atoms with Crippen LogP contribution < -0.4 is 4.90 Å². The molecule has 1 nitrogen and oxygen atoms in total. The van der Waals surface area contributed by atoms with Gasteiger partial charge in [0.05, 0.1) is 11.4 Å². The fourth-order valence-electron chi connectivity index (χ4n) is 9.89. The summed E-state index contributed by atoms with van der Waals surface area (Å²) in [7, 11) is 0. The van der Waals surface area contributed by atoms with Crippen LogP contribution in [0.5, 0.6) is 0 Å². The highest BCUT2D eigenvalue weighted by Gasteiger charge is 2.45. The van der Waals surface area contributed by atoms with Crippen molar-refractivity contribution in [1.29, 1.82) is 0 Å². The van der Waals surface area contributed by atoms with Crippen LogP contribution in [-0.2, 0) is 5.41 Å². The Morgan fingerprint density at radius 2 is 0.964 bits per heavy atom. The summed E-state index contributed by atoms with van der Waals surface area (Å²) in [4.78, 5) is 2.57. The van der Waals surface area contributed by atoms with Gasteiger partial charge in [-0.05, 0) is 99.3 Å². The molecule has 0 radical (unpaired) electrons. The van der Waals surface area contributed by atoms with Crippen LogP contribution in [0.4, 0.5) is 17.1 Å². The molecule has 1 aromatic heterocycles. The maximum atomic E-state index is 2.57. The van der Waals surface area contributed by atoms with E-state index in [1.54, 1.807) is 0 Å². The largest absolute Gasteiger partial charge is 0.309 e. The molecule has 2 aliphatic rings. The predicted octanol–water partition coefficient (Wildman–Crippen LogP) is 15.4. The Morgan fingerprint density at radius 3 is 1.76 bits per heavy atom. The minimum atomic E-state index is 0.0714. The summed E-state index contributed by atoms with van der Waals surface area (Å²) in [6, 6.07) is 70.0. The van der Waals surface area contributed by atoms with Crippen molar-refractivity contribution in [3.8, 4) is 44.5 Å². The highest BCUT2D eigenvalue weighted by atomic mass is 32.1. The molecule has 0 aliphatic heterocycles. The SMILES string of the molecule is c1ccc(-c2ccccc2-c2ccccc2-c2ccccc2N(c2ccc3c(c2)C2(CCCC2)c2ccccc2-3)c2cccc3sc4ccccc4c23)cc1. The summed E-state index contributed by atoms with van der Waals surface area (Å²) >= 11 is 1.88. The minimum absolute atomic E-state index is 0.0714. The summed E-state index contributed by atoms with van der Waals surface area (Å²) < 4.78 is 2.62. The Morgan fingerprint density at radius 1 is 0.400 bits per heavy atom. The molecule has 0 amide bonds. The van der Waals surface area contributed by atoms with Gasteiger partial charge >= 0.3 is 0 Å². The molecule has 11 rings (SSSR count). The van der Waals surface area contributed by atoms with Crippen molar-refractivity contribution in [1.82, 2.24) is 0 Å². The van der Waals surface area contributed by atoms with Crippen molar-refractivity contribution < 1.29 is 0 Å². The second-order valence-corrected chi connectivity index (χ2v) is 16.2. The molecule has 262 valence electrons. The molecule has 0 atom stereocenters. The maximum absolute atomic E-state index is 2.57. The van der Waals surface area contributed by atoms with Crippen molar-refractivity contribution in [3.05, 3.63) is 199 Å². The van der Waals surface area contributed by atoms with Gasteiger partial charge in [-0.2, -0.15) is 0 Å². The molecule has 1 spiro atoms. The fourth-order valence-corrected chi connectivity index (χ4v) is 11.0. The zero-order valence-corrected chi connectivity index (χ0v) is 31.4. The van der Waals surface area contributed by atoms with Crippen LogP contribution in [0, 0.1) is 0 Å². The molecule has 2 aliphatic carbocycles. The number of thiophene rings is 1. The lowest BCUT2D eigenvalue weighted by molar-refractivity contribution is 0.550. The number of rotatable bonds is 6. The van der Waals surface area contributed by atoms with E-state index in [1.165, 1.54) is 119 Å². The van der Waals surface area contributed by atoms with Gasteiger partial charge in [-0.1, -0.05) is 165 Å². The van der Waals surface area contributed by atoms with E-state index in [2.05, 4.69) is 193 Å². The van der Waals surface area contributed by atoms with Gasteiger partial charge in [0.1, 0.15) is 0 Å². The molecule has 0 unspecified atom stereocenters. The van der Waals surface area contributed by atoms with Gasteiger partial charge < -0.3 is 4.90 Å². The quantitative estimate of drug-likeness (QED) is 0.165. The molecule has 55 heavy (non-hydrogen) atoms. The van der Waals surface area contributed by atoms with Crippen LogP contribution in [0.1, 0.15) is 36.8 Å². The zero-order valence-electron chi connectivity index (χ0n) is 30.6. The number of anilines is 3. The van der Waals surface area contributed by atoms with Gasteiger partial charge in [-0.3, -0.25) is 0 Å². The average molecular weight is 722 g/mol. The summed E-state index contributed by atoms with van der Waals surface area (Å²) in [5.41, 5.74) is 16.8. The van der Waals surface area contributed by atoms with Gasteiger partial charge in [0.15, 0.2) is 0 Å². The Hall–Kier alpha value is -6.22. The number of fused-ring (bicyclic) bond motifs is 8. The first-order chi connectivity index (χ1) is 27.3. The highest BCUT2D eigenvalue weighted by Crippen LogP contribution is 2.58. The predicted molar refractivity (Wildman–Crippen MR) is 235 cm³/mol. The van der Waals surface area contributed by atoms with Crippen LogP contribution in [0.25, 0.3) is 64.7 Å². The van der Waals surface area contributed by atoms with Gasteiger partial charge in [0.25, 0.3) is 0 Å². The van der Waals surface area contributed by atoms with E-state index in [0.29, 0.717) is 0 Å². The summed E-state index contributed by atoms with van der Waals surface area (Å²) in [6.45, 7) is 0. The zero-order chi connectivity index (χ0) is 36.3. The fraction of sp³-hybridized carbons (Fsp3) is 0.0943. The average Bonchev–Trinajstić information content (AvgIpc) is 3.97. The third kappa shape index (κ3) is 5.05. The van der Waals surface area contributed by atoms with E-state index in [0.717, 1.165) is 0 Å². The first-order valence-corrected chi connectivity index (χ1v) is 20.4. The van der Waals surface area contributed by atoms with E-state index >= 15 is 0 Å². The number of benzene rings is 8. The summed E-state index contributed by atoms with van der Waals surface area (Å²) in [5, 5.41) is 2.61. The maximum Gasteiger partial charge on any atom is 0.0555 e. The molecule has 0 N–H and O–H groups in total. The molecule has 0 saturated heterocycles. The second kappa shape index (κ2) is 13.0. The minimum Gasteiger partial charge on any atom is -0.309 e. The van der Waals surface area contributed by atoms with E-state index in [1.807, 2.05) is 11.3 Å².